The van der Waals surface area contributed by atoms with Crippen LogP contribution in [0, 0.1) is 11.8 Å². The molecular formula is C31H32Cl2N8O3S. The molecule has 0 atom stereocenters. The van der Waals surface area contributed by atoms with Crippen molar-refractivity contribution in [2.45, 2.75) is 50.7 Å². The quantitative estimate of drug-likeness (QED) is 0.138. The average Bonchev–Trinajstić information content (AvgIpc) is 3.44. The highest BCUT2D eigenvalue weighted by Gasteiger charge is 2.20. The molecule has 11 nitrogen and oxygen atoms in total. The van der Waals surface area contributed by atoms with Crippen molar-refractivity contribution in [1.29, 1.82) is 0 Å². The van der Waals surface area contributed by atoms with Gasteiger partial charge in [-0.3, -0.25) is 14.6 Å². The SMILES string of the molecule is CC(C)(C#Cc1ccc(NC(=O)CSc2nnnn2-c2cc(C(C)(C)C)ccc2Cl)c(Cl)c1)NC(=O)CN=c1ccn(O)cc1. The smallest absolute Gasteiger partial charge is 0.242 e. The fourth-order valence-electron chi connectivity index (χ4n) is 3.90. The van der Waals surface area contributed by atoms with Gasteiger partial charge in [-0.15, -0.1) is 5.10 Å². The Kier molecular flexibility index (Phi) is 10.6. The number of nitrogens with one attached hydrogen (secondary N) is 2. The van der Waals surface area contributed by atoms with E-state index < -0.39 is 5.54 Å². The highest BCUT2D eigenvalue weighted by Crippen LogP contribution is 2.30. The lowest BCUT2D eigenvalue weighted by atomic mass is 9.87. The lowest BCUT2D eigenvalue weighted by Gasteiger charge is -2.20. The van der Waals surface area contributed by atoms with E-state index in [1.54, 1.807) is 44.2 Å². The summed E-state index contributed by atoms with van der Waals surface area (Å²) >= 11 is 14.1. The van der Waals surface area contributed by atoms with E-state index in [0.717, 1.165) is 22.1 Å². The summed E-state index contributed by atoms with van der Waals surface area (Å²) in [4.78, 5) is 29.4. The van der Waals surface area contributed by atoms with Gasteiger partial charge in [-0.2, -0.15) is 4.68 Å². The van der Waals surface area contributed by atoms with Gasteiger partial charge >= 0.3 is 0 Å². The van der Waals surface area contributed by atoms with Gasteiger partial charge in [0.1, 0.15) is 6.54 Å². The minimum Gasteiger partial charge on any atom is -0.429 e. The standard InChI is InChI=1S/C31H32Cl2N8O3S/c1-30(2,3)21-7-8-23(32)26(17-21)41-29(37-38-39-41)45-19-28(43)35-25-9-6-20(16-24(25)33)10-13-31(4,5)36-27(42)18-34-22-11-14-40(44)15-12-22/h6-9,11-12,14-17,44H,18-19H2,1-5H3,(H,35,43)(H,36,42). The molecule has 0 aliphatic rings. The molecule has 2 amide bonds. The lowest BCUT2D eigenvalue weighted by Crippen LogP contribution is -2.43. The van der Waals surface area contributed by atoms with Crippen LogP contribution in [0.3, 0.4) is 0 Å². The number of hydrogen-bond acceptors (Lipinski definition) is 8. The topological polar surface area (TPSA) is 139 Å². The summed E-state index contributed by atoms with van der Waals surface area (Å²) in [6.45, 7) is 9.76. The van der Waals surface area contributed by atoms with Gasteiger partial charge in [0, 0.05) is 18.0 Å². The minimum atomic E-state index is -0.846. The molecule has 0 fully saturated rings. The van der Waals surface area contributed by atoms with Crippen LogP contribution in [0.4, 0.5) is 5.69 Å². The van der Waals surface area contributed by atoms with E-state index in [0.29, 0.717) is 37.5 Å². The Bertz CT molecular complexity index is 1830. The van der Waals surface area contributed by atoms with Gasteiger partial charge in [-0.25, -0.2) is 4.73 Å². The zero-order chi connectivity index (χ0) is 32.8. The van der Waals surface area contributed by atoms with Crippen LogP contribution in [0.25, 0.3) is 5.69 Å². The lowest BCUT2D eigenvalue weighted by molar-refractivity contribution is -0.120. The summed E-state index contributed by atoms with van der Waals surface area (Å²) in [5, 5.41) is 28.6. The van der Waals surface area contributed by atoms with Crippen molar-refractivity contribution >= 4 is 52.5 Å². The third kappa shape index (κ3) is 9.59. The number of rotatable bonds is 8. The molecule has 0 saturated heterocycles. The first-order valence-electron chi connectivity index (χ1n) is 13.7. The van der Waals surface area contributed by atoms with Crippen molar-refractivity contribution < 1.29 is 14.8 Å². The molecule has 2 aromatic heterocycles. The van der Waals surface area contributed by atoms with Crippen molar-refractivity contribution in [1.82, 2.24) is 30.3 Å². The molecule has 3 N–H and O–H groups in total. The van der Waals surface area contributed by atoms with Crippen molar-refractivity contribution in [2.24, 2.45) is 4.99 Å². The summed E-state index contributed by atoms with van der Waals surface area (Å²) in [7, 11) is 0. The molecule has 0 aliphatic carbocycles. The molecule has 45 heavy (non-hydrogen) atoms. The molecule has 0 radical (unpaired) electrons. The number of aromatic nitrogens is 5. The second-order valence-electron chi connectivity index (χ2n) is 11.5. The van der Waals surface area contributed by atoms with Gasteiger partial charge in [0.15, 0.2) is 0 Å². The Morgan fingerprint density at radius 1 is 1.00 bits per heavy atom. The Balaban J connectivity index is 1.35. The summed E-state index contributed by atoms with van der Waals surface area (Å²) in [5.41, 5.74) is 1.79. The number of benzene rings is 2. The number of tetrazole rings is 1. The van der Waals surface area contributed by atoms with Crippen molar-refractivity contribution in [3.8, 4) is 17.5 Å². The second kappa shape index (κ2) is 14.2. The molecule has 0 saturated carbocycles. The molecule has 4 aromatic rings. The van der Waals surface area contributed by atoms with Gasteiger partial charge in [0.05, 0.1) is 38.1 Å². The summed E-state index contributed by atoms with van der Waals surface area (Å²) in [6.07, 6.45) is 2.84. The number of carbonyl (C=O) groups is 2. The van der Waals surface area contributed by atoms with Crippen LogP contribution in [0.1, 0.15) is 45.7 Å². The van der Waals surface area contributed by atoms with E-state index in [9.17, 15) is 14.8 Å². The van der Waals surface area contributed by atoms with Crippen LogP contribution < -0.4 is 16.0 Å². The highest BCUT2D eigenvalue weighted by atomic mass is 35.5. The molecule has 234 valence electrons. The molecule has 0 spiro atoms. The van der Waals surface area contributed by atoms with Crippen LogP contribution in [0.5, 0.6) is 0 Å². The van der Waals surface area contributed by atoms with E-state index in [1.165, 1.54) is 17.1 Å². The van der Waals surface area contributed by atoms with E-state index in [1.807, 2.05) is 18.2 Å². The van der Waals surface area contributed by atoms with Gasteiger partial charge in [0.25, 0.3) is 0 Å². The average molecular weight is 668 g/mol. The highest BCUT2D eigenvalue weighted by molar-refractivity contribution is 7.99. The molecule has 0 aliphatic heterocycles. The molecule has 0 bridgehead atoms. The van der Waals surface area contributed by atoms with Crippen LogP contribution in [0.2, 0.25) is 10.0 Å². The fraction of sp³-hybridized carbons (Fsp3) is 0.290. The minimum absolute atomic E-state index is 0.0285. The Hall–Kier alpha value is -4.31. The van der Waals surface area contributed by atoms with E-state index in [2.05, 4.69) is 63.8 Å². The predicted octanol–water partition coefficient (Wildman–Crippen LogP) is 4.88. The van der Waals surface area contributed by atoms with Crippen LogP contribution in [-0.4, -0.2) is 59.8 Å². The number of hydrogen-bond donors (Lipinski definition) is 3. The van der Waals surface area contributed by atoms with E-state index >= 15 is 0 Å². The maximum absolute atomic E-state index is 12.8. The predicted molar refractivity (Wildman–Crippen MR) is 175 cm³/mol. The van der Waals surface area contributed by atoms with E-state index in [4.69, 9.17) is 23.2 Å². The number of nitrogens with zero attached hydrogens (tertiary/aromatic N) is 6. The largest absolute Gasteiger partial charge is 0.429 e. The zero-order valence-corrected chi connectivity index (χ0v) is 27.6. The molecule has 0 unspecified atom stereocenters. The maximum Gasteiger partial charge on any atom is 0.242 e. The van der Waals surface area contributed by atoms with Gasteiger partial charge in [-0.1, -0.05) is 73.6 Å². The van der Waals surface area contributed by atoms with Crippen molar-refractivity contribution in [3.63, 3.8) is 0 Å². The third-order valence-electron chi connectivity index (χ3n) is 6.23. The van der Waals surface area contributed by atoms with Crippen molar-refractivity contribution in [3.05, 3.63) is 87.5 Å². The first-order valence-corrected chi connectivity index (χ1v) is 15.5. The normalized spacial score (nSPS) is 11.4. The molecule has 14 heteroatoms. The monoisotopic (exact) mass is 666 g/mol. The number of anilines is 1. The van der Waals surface area contributed by atoms with Crippen molar-refractivity contribution in [2.75, 3.05) is 17.6 Å². The fourth-order valence-corrected chi connectivity index (χ4v) is 5.01. The summed E-state index contributed by atoms with van der Waals surface area (Å²) in [6, 6.07) is 13.9. The Labute approximate surface area is 275 Å². The van der Waals surface area contributed by atoms with E-state index in [-0.39, 0.29) is 29.5 Å². The number of carbonyl (C=O) groups excluding carboxylic acids is 2. The second-order valence-corrected chi connectivity index (χ2v) is 13.3. The van der Waals surface area contributed by atoms with Gasteiger partial charge in [-0.05, 0) is 77.7 Å². The van der Waals surface area contributed by atoms with Crippen LogP contribution in [-0.2, 0) is 15.0 Å². The molecule has 4 rings (SSSR count). The number of amides is 2. The van der Waals surface area contributed by atoms with Gasteiger partial charge < -0.3 is 15.8 Å². The van der Waals surface area contributed by atoms with Crippen LogP contribution in [0.15, 0.2) is 71.1 Å². The number of halogens is 2. The van der Waals surface area contributed by atoms with Crippen LogP contribution >= 0.6 is 35.0 Å². The molecule has 2 heterocycles. The first kappa shape index (κ1) is 33.6. The molecular weight excluding hydrogens is 635 g/mol. The van der Waals surface area contributed by atoms with Gasteiger partial charge in [0.2, 0.25) is 17.0 Å². The zero-order valence-electron chi connectivity index (χ0n) is 25.3. The first-order chi connectivity index (χ1) is 21.2. The summed E-state index contributed by atoms with van der Waals surface area (Å²) in [5.74, 6) is 5.46. The Morgan fingerprint density at radius 2 is 1.73 bits per heavy atom. The maximum atomic E-state index is 12.8. The number of thioether (sulfide) groups is 1. The summed E-state index contributed by atoms with van der Waals surface area (Å²) < 4.78 is 2.41. The third-order valence-corrected chi connectivity index (χ3v) is 7.78. The Morgan fingerprint density at radius 3 is 2.42 bits per heavy atom. The molecule has 2 aromatic carbocycles. The number of pyridine rings is 1.